The van der Waals surface area contributed by atoms with Crippen LogP contribution in [0.2, 0.25) is 0 Å². The van der Waals surface area contributed by atoms with E-state index in [1.165, 1.54) is 6.07 Å². The molecule has 1 unspecified atom stereocenters. The third kappa shape index (κ3) is 6.20. The lowest BCUT2D eigenvalue weighted by atomic mass is 9.89. The molecule has 1 aliphatic carbocycles. The lowest BCUT2D eigenvalue weighted by Gasteiger charge is -2.19. The Labute approximate surface area is 225 Å². The number of benzene rings is 3. The molecule has 0 spiro atoms. The van der Waals surface area contributed by atoms with Crippen molar-refractivity contribution in [3.8, 4) is 22.5 Å². The SMILES string of the molecule is CN(C)c1ccc2c(-c3ccc(C(=O)NCCOP(C)(=O)O)cc3C(=O)O)c3ccc(=[N+](C)C)cc-3oc2c1. The molecule has 0 saturated carbocycles. The predicted molar refractivity (Wildman–Crippen MR) is 151 cm³/mol. The Morgan fingerprint density at radius 2 is 1.77 bits per heavy atom. The summed E-state index contributed by atoms with van der Waals surface area (Å²) >= 11 is 0. The van der Waals surface area contributed by atoms with Gasteiger partial charge >= 0.3 is 13.6 Å². The maximum Gasteiger partial charge on any atom is 0.336 e. The minimum absolute atomic E-state index is 0.0146. The van der Waals surface area contributed by atoms with Gasteiger partial charge in [0.1, 0.15) is 25.4 Å². The quantitative estimate of drug-likeness (QED) is 0.131. The number of carboxylic acid groups (broad SMARTS) is 1. The Balaban J connectivity index is 1.87. The fraction of sp³-hybridized carbons (Fsp3) is 0.250. The number of carbonyl (C=O) groups is 2. The Morgan fingerprint density at radius 1 is 1.05 bits per heavy atom. The molecule has 1 aliphatic heterocycles. The molecule has 204 valence electrons. The van der Waals surface area contributed by atoms with E-state index in [2.05, 4.69) is 5.32 Å². The molecule has 10 nitrogen and oxygen atoms in total. The maximum atomic E-state index is 12.7. The summed E-state index contributed by atoms with van der Waals surface area (Å²) in [7, 11) is 4.05. The molecule has 4 rings (SSSR count). The van der Waals surface area contributed by atoms with Gasteiger partial charge in [0.05, 0.1) is 18.2 Å². The van der Waals surface area contributed by atoms with E-state index in [4.69, 9.17) is 8.94 Å². The first-order valence-corrected chi connectivity index (χ1v) is 14.2. The second-order valence-corrected chi connectivity index (χ2v) is 11.4. The van der Waals surface area contributed by atoms with Gasteiger partial charge in [-0.15, -0.1) is 0 Å². The van der Waals surface area contributed by atoms with Crippen LogP contribution in [0.5, 0.6) is 0 Å². The van der Waals surface area contributed by atoms with Gasteiger partial charge in [-0.1, -0.05) is 6.07 Å². The van der Waals surface area contributed by atoms with Crippen LogP contribution < -0.4 is 20.1 Å². The fourth-order valence-corrected chi connectivity index (χ4v) is 4.71. The van der Waals surface area contributed by atoms with E-state index in [0.29, 0.717) is 22.5 Å². The number of rotatable bonds is 8. The molecular weight excluding hydrogens is 521 g/mol. The third-order valence-electron chi connectivity index (χ3n) is 6.22. The number of carbonyl (C=O) groups excluding carboxylic acids is 1. The zero-order valence-corrected chi connectivity index (χ0v) is 23.3. The normalized spacial score (nSPS) is 12.8. The van der Waals surface area contributed by atoms with Gasteiger partial charge in [0, 0.05) is 67.2 Å². The maximum absolute atomic E-state index is 12.7. The van der Waals surface area contributed by atoms with Crippen LogP contribution in [0.4, 0.5) is 5.69 Å². The van der Waals surface area contributed by atoms with Crippen LogP contribution in [0, 0.1) is 0 Å². The summed E-state index contributed by atoms with van der Waals surface area (Å²) in [5.41, 5.74) is 3.46. The Morgan fingerprint density at radius 3 is 2.41 bits per heavy atom. The lowest BCUT2D eigenvalue weighted by molar-refractivity contribution is 0.0697. The van der Waals surface area contributed by atoms with Gasteiger partial charge in [-0.3, -0.25) is 9.36 Å². The smallest absolute Gasteiger partial charge is 0.336 e. The van der Waals surface area contributed by atoms with Crippen LogP contribution >= 0.6 is 7.60 Å². The standard InChI is InChI=1S/C28H30N3O7P/c1-30(2)18-7-10-21-24(15-18)38-25-16-19(31(3)4)8-11-22(25)26(21)20-9-6-17(14-23(20)28(33)34)27(32)29-12-13-37-39(5,35)36/h6-11,14-16H,12-13H2,1-5H3,(H2-,29,32,33,34,35,36)/p+1. The van der Waals surface area contributed by atoms with E-state index in [1.54, 1.807) is 12.1 Å². The van der Waals surface area contributed by atoms with Crippen molar-refractivity contribution < 1.29 is 33.1 Å². The first kappa shape index (κ1) is 28.0. The average molecular weight is 553 g/mol. The van der Waals surface area contributed by atoms with Crippen molar-refractivity contribution in [3.63, 3.8) is 0 Å². The zero-order chi connectivity index (χ0) is 28.5. The molecule has 3 N–H and O–H groups in total. The second kappa shape index (κ2) is 11.0. The van der Waals surface area contributed by atoms with Crippen LogP contribution in [-0.4, -0.2) is 69.9 Å². The van der Waals surface area contributed by atoms with E-state index in [-0.39, 0.29) is 24.3 Å². The molecule has 0 saturated heterocycles. The van der Waals surface area contributed by atoms with Crippen LogP contribution in [0.3, 0.4) is 0 Å². The molecule has 2 aromatic carbocycles. The van der Waals surface area contributed by atoms with E-state index >= 15 is 0 Å². The highest BCUT2D eigenvalue weighted by atomic mass is 31.2. The van der Waals surface area contributed by atoms with Crippen LogP contribution in [0.1, 0.15) is 20.7 Å². The summed E-state index contributed by atoms with van der Waals surface area (Å²) in [6.45, 7) is 0.883. The predicted octanol–water partition coefficient (Wildman–Crippen LogP) is 3.56. The van der Waals surface area contributed by atoms with Crippen LogP contribution in [0.15, 0.2) is 59.0 Å². The number of amides is 1. The Bertz CT molecular complexity index is 1670. The largest absolute Gasteiger partial charge is 0.478 e. The summed E-state index contributed by atoms with van der Waals surface area (Å²) in [6, 6.07) is 16.0. The highest BCUT2D eigenvalue weighted by molar-refractivity contribution is 7.51. The number of carboxylic acids is 1. The topological polar surface area (TPSA) is 132 Å². The van der Waals surface area contributed by atoms with Crippen molar-refractivity contribution in [3.05, 3.63) is 71.1 Å². The molecule has 1 amide bonds. The van der Waals surface area contributed by atoms with Crippen LogP contribution in [-0.2, 0) is 9.09 Å². The van der Waals surface area contributed by atoms with Gasteiger partial charge in [0.2, 0.25) is 5.36 Å². The minimum atomic E-state index is -3.66. The number of hydrogen-bond donors (Lipinski definition) is 3. The Kier molecular flexibility index (Phi) is 7.92. The van der Waals surface area contributed by atoms with Crippen molar-refractivity contribution in [2.75, 3.05) is 52.9 Å². The number of nitrogens with zero attached hydrogens (tertiary/aromatic N) is 2. The number of fused-ring (bicyclic) bond motifs is 2. The van der Waals surface area contributed by atoms with Gasteiger partial charge in [0.25, 0.3) is 5.91 Å². The highest BCUT2D eigenvalue weighted by Crippen LogP contribution is 2.42. The van der Waals surface area contributed by atoms with Gasteiger partial charge in [0.15, 0.2) is 0 Å². The molecule has 0 radical (unpaired) electrons. The minimum Gasteiger partial charge on any atom is -0.478 e. The molecule has 0 bridgehead atoms. The summed E-state index contributed by atoms with van der Waals surface area (Å²) < 4.78 is 24.3. The molecule has 1 heterocycles. The molecule has 2 aromatic rings. The first-order valence-electron chi connectivity index (χ1n) is 12.1. The van der Waals surface area contributed by atoms with Gasteiger partial charge in [-0.25, -0.2) is 9.37 Å². The molecule has 1 atom stereocenters. The van der Waals surface area contributed by atoms with E-state index in [0.717, 1.165) is 28.7 Å². The van der Waals surface area contributed by atoms with Crippen molar-refractivity contribution in [1.29, 1.82) is 0 Å². The van der Waals surface area contributed by atoms with E-state index in [1.807, 2.05) is 74.1 Å². The van der Waals surface area contributed by atoms with E-state index in [9.17, 15) is 24.2 Å². The summed E-state index contributed by atoms with van der Waals surface area (Å²) in [5.74, 6) is -1.12. The average Bonchev–Trinajstić information content (AvgIpc) is 2.87. The van der Waals surface area contributed by atoms with E-state index < -0.39 is 19.5 Å². The van der Waals surface area contributed by atoms with Crippen molar-refractivity contribution in [2.24, 2.45) is 0 Å². The number of anilines is 1. The zero-order valence-electron chi connectivity index (χ0n) is 22.4. The molecule has 11 heteroatoms. The third-order valence-corrected chi connectivity index (χ3v) is 6.88. The van der Waals surface area contributed by atoms with Gasteiger partial charge < -0.3 is 29.2 Å². The summed E-state index contributed by atoms with van der Waals surface area (Å²) in [6.07, 6.45) is 0. The monoisotopic (exact) mass is 552 g/mol. The highest BCUT2D eigenvalue weighted by Gasteiger charge is 2.23. The van der Waals surface area contributed by atoms with Gasteiger partial charge in [-0.2, -0.15) is 0 Å². The molecular formula is C28H31N3O7P+. The Hall–Kier alpha value is -3.98. The molecule has 0 fully saturated rings. The fourth-order valence-electron chi connectivity index (χ4n) is 4.28. The summed E-state index contributed by atoms with van der Waals surface area (Å²) in [5, 5.41) is 14.4. The molecule has 39 heavy (non-hydrogen) atoms. The van der Waals surface area contributed by atoms with Crippen molar-refractivity contribution >= 4 is 36.1 Å². The lowest BCUT2D eigenvalue weighted by Crippen LogP contribution is -2.27. The molecule has 0 aromatic heterocycles. The second-order valence-electron chi connectivity index (χ2n) is 9.58. The number of hydrogen-bond acceptors (Lipinski definition) is 6. The number of nitrogens with one attached hydrogen (secondary N) is 1. The summed E-state index contributed by atoms with van der Waals surface area (Å²) in [4.78, 5) is 36.3. The number of aromatic carboxylic acids is 1. The first-order chi connectivity index (χ1) is 18.4. The van der Waals surface area contributed by atoms with Crippen molar-refractivity contribution in [1.82, 2.24) is 9.89 Å². The van der Waals surface area contributed by atoms with Crippen molar-refractivity contribution in [2.45, 2.75) is 0 Å². The molecule has 2 aliphatic rings. The van der Waals surface area contributed by atoms with Gasteiger partial charge in [-0.05, 0) is 35.9 Å². The van der Waals surface area contributed by atoms with Crippen LogP contribution in [0.25, 0.3) is 33.4 Å².